The van der Waals surface area contributed by atoms with Crippen LogP contribution in [0.15, 0.2) is 81.8 Å². The van der Waals surface area contributed by atoms with Crippen molar-refractivity contribution in [2.45, 2.75) is 0 Å². The number of aromatic nitrogens is 2. The highest BCUT2D eigenvalue weighted by molar-refractivity contribution is 7.20. The van der Waals surface area contributed by atoms with Gasteiger partial charge in [-0.3, -0.25) is 0 Å². The third kappa shape index (κ3) is 4.30. The van der Waals surface area contributed by atoms with Crippen molar-refractivity contribution in [1.82, 2.24) is 9.97 Å². The summed E-state index contributed by atoms with van der Waals surface area (Å²) in [5, 5.41) is 19.5. The van der Waals surface area contributed by atoms with E-state index in [9.17, 15) is 9.59 Å². The lowest BCUT2D eigenvalue weighted by atomic mass is 10.2. The van der Waals surface area contributed by atoms with Crippen molar-refractivity contribution in [3.05, 3.63) is 84.4 Å². The van der Waals surface area contributed by atoms with Crippen molar-refractivity contribution in [2.24, 2.45) is 0 Å². The molecule has 0 saturated carbocycles. The molecule has 0 atom stereocenters. The first kappa shape index (κ1) is 21.2. The zero-order valence-corrected chi connectivity index (χ0v) is 18.0. The molecule has 0 amide bonds. The van der Waals surface area contributed by atoms with Crippen LogP contribution in [0.3, 0.4) is 0 Å². The fourth-order valence-electron chi connectivity index (χ4n) is 3.17. The van der Waals surface area contributed by atoms with Gasteiger partial charge in [0.05, 0.1) is 4.70 Å². The predicted octanol–water partition coefficient (Wildman–Crippen LogP) is 6.06. The minimum Gasteiger partial charge on any atom is -0.475 e. The summed E-state index contributed by atoms with van der Waals surface area (Å²) in [6, 6.07) is 19.0. The van der Waals surface area contributed by atoms with E-state index in [0.717, 1.165) is 10.1 Å². The second kappa shape index (κ2) is 8.68. The maximum atomic E-state index is 10.9. The minimum absolute atomic E-state index is 0.0174. The summed E-state index contributed by atoms with van der Waals surface area (Å²) in [5.41, 5.74) is 1.74. The van der Waals surface area contributed by atoms with Crippen molar-refractivity contribution < 1.29 is 33.4 Å². The van der Waals surface area contributed by atoms with Crippen LogP contribution >= 0.6 is 11.3 Å². The molecular formula is C24H14N2O7S. The van der Waals surface area contributed by atoms with Gasteiger partial charge in [-0.05, 0) is 48.5 Å². The number of furan rings is 2. The Labute approximate surface area is 194 Å². The van der Waals surface area contributed by atoms with Crippen LogP contribution in [0, 0.1) is 0 Å². The van der Waals surface area contributed by atoms with Crippen molar-refractivity contribution in [1.29, 1.82) is 0 Å². The third-order valence-electron chi connectivity index (χ3n) is 4.69. The molecule has 0 saturated heterocycles. The number of nitrogens with zero attached hydrogens (tertiary/aromatic N) is 2. The van der Waals surface area contributed by atoms with E-state index in [2.05, 4.69) is 9.97 Å². The summed E-state index contributed by atoms with van der Waals surface area (Å²) < 4.78 is 16.9. The zero-order valence-electron chi connectivity index (χ0n) is 17.2. The van der Waals surface area contributed by atoms with Gasteiger partial charge < -0.3 is 23.8 Å². The van der Waals surface area contributed by atoms with Crippen molar-refractivity contribution in [3.8, 4) is 10.9 Å². The van der Waals surface area contributed by atoms with Crippen LogP contribution < -0.4 is 4.74 Å². The highest BCUT2D eigenvalue weighted by Gasteiger charge is 2.12. The number of rotatable bonds is 4. The van der Waals surface area contributed by atoms with Crippen molar-refractivity contribution in [2.75, 3.05) is 0 Å². The molecular weight excluding hydrogens is 460 g/mol. The summed E-state index contributed by atoms with van der Waals surface area (Å²) >= 11 is 1.39. The molecule has 2 aromatic carbocycles. The number of fused-ring (bicyclic) bond motifs is 3. The molecule has 0 fully saturated rings. The van der Waals surface area contributed by atoms with Gasteiger partial charge >= 0.3 is 11.9 Å². The van der Waals surface area contributed by atoms with Crippen LogP contribution in [-0.2, 0) is 0 Å². The Morgan fingerprint density at radius 2 is 1.53 bits per heavy atom. The molecule has 9 nitrogen and oxygen atoms in total. The molecule has 0 aliphatic heterocycles. The molecule has 0 bridgehead atoms. The molecule has 168 valence electrons. The fourth-order valence-corrected chi connectivity index (χ4v) is 3.97. The number of aromatic carboxylic acids is 2. The van der Waals surface area contributed by atoms with Gasteiger partial charge in [-0.2, -0.15) is 4.98 Å². The Kier molecular flexibility index (Phi) is 5.40. The van der Waals surface area contributed by atoms with Gasteiger partial charge in [0, 0.05) is 17.0 Å². The van der Waals surface area contributed by atoms with Crippen molar-refractivity contribution >= 4 is 55.6 Å². The lowest BCUT2D eigenvalue weighted by Gasteiger charge is -2.00. The third-order valence-corrected chi connectivity index (χ3v) is 5.57. The van der Waals surface area contributed by atoms with Gasteiger partial charge in [0.1, 0.15) is 16.9 Å². The van der Waals surface area contributed by atoms with Gasteiger partial charge in [-0.1, -0.05) is 29.5 Å². The molecule has 10 heteroatoms. The van der Waals surface area contributed by atoms with Gasteiger partial charge in [0.2, 0.25) is 11.5 Å². The Bertz CT molecular complexity index is 1600. The average molecular weight is 474 g/mol. The number of carbonyl (C=O) groups is 2. The predicted molar refractivity (Wildman–Crippen MR) is 124 cm³/mol. The molecule has 4 aromatic heterocycles. The standard InChI is InChI=1S/C15H8N2O4S.C9H6O3/c18-14(19)11-7-8-6-9(3-4-10(8)21-11)20-15-17-13-12(22-15)2-1-5-16-13;10-9(11)8-5-6-3-1-2-4-7(6)12-8/h1-7H,(H,18,19);1-5H,(H,10,11). The van der Waals surface area contributed by atoms with Gasteiger partial charge in [0.25, 0.3) is 5.19 Å². The Balaban J connectivity index is 0.000000169. The fraction of sp³-hybridized carbons (Fsp3) is 0. The second-order valence-corrected chi connectivity index (χ2v) is 7.97. The van der Waals surface area contributed by atoms with Gasteiger partial charge in [0.15, 0.2) is 5.65 Å². The highest BCUT2D eigenvalue weighted by atomic mass is 32.1. The number of carboxylic acid groups (broad SMARTS) is 2. The van der Waals surface area contributed by atoms with E-state index in [1.165, 1.54) is 23.5 Å². The van der Waals surface area contributed by atoms with Crippen LogP contribution in [0.25, 0.3) is 32.3 Å². The Morgan fingerprint density at radius 3 is 2.24 bits per heavy atom. The van der Waals surface area contributed by atoms with Gasteiger partial charge in [-0.25, -0.2) is 14.6 Å². The molecule has 0 aliphatic carbocycles. The first-order valence-electron chi connectivity index (χ1n) is 9.84. The molecule has 0 spiro atoms. The molecule has 34 heavy (non-hydrogen) atoms. The van der Waals surface area contributed by atoms with Crippen molar-refractivity contribution in [3.63, 3.8) is 0 Å². The second-order valence-electron chi connectivity index (χ2n) is 6.98. The van der Waals surface area contributed by atoms with Crippen LogP contribution in [0.4, 0.5) is 0 Å². The number of pyridine rings is 1. The molecule has 0 aliphatic rings. The Morgan fingerprint density at radius 1 is 0.824 bits per heavy atom. The number of carboxylic acids is 2. The van der Waals surface area contributed by atoms with E-state index in [1.807, 2.05) is 24.3 Å². The SMILES string of the molecule is O=C(O)c1cc2cc(Oc3nc4ncccc4s3)ccc2o1.O=C(O)c1cc2ccccc2o1. The molecule has 2 N–H and O–H groups in total. The smallest absolute Gasteiger partial charge is 0.371 e. The topological polar surface area (TPSA) is 136 Å². The maximum absolute atomic E-state index is 10.9. The first-order valence-corrected chi connectivity index (χ1v) is 10.7. The van der Waals surface area contributed by atoms with Crippen LogP contribution in [0.5, 0.6) is 10.9 Å². The molecule has 6 aromatic rings. The van der Waals surface area contributed by atoms with E-state index in [-0.39, 0.29) is 11.5 Å². The van der Waals surface area contributed by atoms with E-state index in [0.29, 0.717) is 33.1 Å². The lowest BCUT2D eigenvalue weighted by Crippen LogP contribution is -1.91. The van der Waals surface area contributed by atoms with Crippen LogP contribution in [-0.4, -0.2) is 32.1 Å². The molecule has 0 unspecified atom stereocenters. The quantitative estimate of drug-likeness (QED) is 0.312. The summed E-state index contributed by atoms with van der Waals surface area (Å²) in [6.07, 6.45) is 1.68. The average Bonchev–Trinajstić information content (AvgIpc) is 3.54. The summed E-state index contributed by atoms with van der Waals surface area (Å²) in [7, 11) is 0. The minimum atomic E-state index is -1.10. The van der Waals surface area contributed by atoms with E-state index in [1.54, 1.807) is 36.5 Å². The van der Waals surface area contributed by atoms with Crippen LogP contribution in [0.2, 0.25) is 0 Å². The summed E-state index contributed by atoms with van der Waals surface area (Å²) in [4.78, 5) is 29.8. The maximum Gasteiger partial charge on any atom is 0.371 e. The number of thiazole rings is 1. The van der Waals surface area contributed by atoms with Gasteiger partial charge in [-0.15, -0.1) is 0 Å². The Hall–Kier alpha value is -4.70. The zero-order chi connectivity index (χ0) is 23.7. The highest BCUT2D eigenvalue weighted by Crippen LogP contribution is 2.32. The lowest BCUT2D eigenvalue weighted by molar-refractivity contribution is 0.0655. The largest absolute Gasteiger partial charge is 0.475 e. The molecule has 0 radical (unpaired) electrons. The molecule has 4 heterocycles. The number of hydrogen-bond donors (Lipinski definition) is 2. The van der Waals surface area contributed by atoms with E-state index in [4.69, 9.17) is 23.8 Å². The normalized spacial score (nSPS) is 10.8. The first-order chi connectivity index (χ1) is 16.5. The summed E-state index contributed by atoms with van der Waals surface area (Å²) in [6.45, 7) is 0. The summed E-state index contributed by atoms with van der Waals surface area (Å²) in [5.74, 6) is -1.70. The number of benzene rings is 2. The number of ether oxygens (including phenoxy) is 1. The number of para-hydroxylation sites is 1. The van der Waals surface area contributed by atoms with Crippen LogP contribution in [0.1, 0.15) is 21.1 Å². The monoisotopic (exact) mass is 474 g/mol. The van der Waals surface area contributed by atoms with E-state index >= 15 is 0 Å². The molecule has 6 rings (SSSR count). The van der Waals surface area contributed by atoms with E-state index < -0.39 is 11.9 Å². The number of hydrogen-bond acceptors (Lipinski definition) is 8.